The lowest BCUT2D eigenvalue weighted by atomic mass is 10.1. The maximum absolute atomic E-state index is 11.6. The Kier molecular flexibility index (Phi) is 9.02. The van der Waals surface area contributed by atoms with Gasteiger partial charge in [-0.2, -0.15) is 0 Å². The van der Waals surface area contributed by atoms with Crippen LogP contribution in [0.15, 0.2) is 24.3 Å². The smallest absolute Gasteiger partial charge is 0.331 e. The highest BCUT2D eigenvalue weighted by Gasteiger charge is 2.09. The van der Waals surface area contributed by atoms with Gasteiger partial charge in [-0.1, -0.05) is 43.1 Å². The molecule has 25 heavy (non-hydrogen) atoms. The summed E-state index contributed by atoms with van der Waals surface area (Å²) >= 11 is 11.7. The Morgan fingerprint density at radius 3 is 2.56 bits per heavy atom. The molecular weight excluding hydrogens is 367 g/mol. The minimum Gasteiger partial charge on any atom is -0.452 e. The van der Waals surface area contributed by atoms with Crippen molar-refractivity contribution in [2.24, 2.45) is 5.92 Å². The number of carbonyl (C=O) groups is 3. The van der Waals surface area contributed by atoms with Crippen molar-refractivity contribution < 1.29 is 19.1 Å². The van der Waals surface area contributed by atoms with Crippen LogP contribution in [-0.4, -0.2) is 31.1 Å². The van der Waals surface area contributed by atoms with Crippen molar-refractivity contribution in [3.8, 4) is 0 Å². The van der Waals surface area contributed by atoms with E-state index >= 15 is 0 Å². The fourth-order valence-corrected chi connectivity index (χ4v) is 1.95. The Balaban J connectivity index is 2.32. The van der Waals surface area contributed by atoms with Gasteiger partial charge >= 0.3 is 12.0 Å². The molecule has 136 valence electrons. The lowest BCUT2D eigenvalue weighted by Crippen LogP contribution is -2.41. The molecule has 0 saturated carbocycles. The zero-order valence-electron chi connectivity index (χ0n) is 14.0. The summed E-state index contributed by atoms with van der Waals surface area (Å²) in [6, 6.07) is 4.24. The minimum atomic E-state index is -0.721. The van der Waals surface area contributed by atoms with E-state index in [1.807, 2.05) is 13.8 Å². The number of ether oxygens (including phenoxy) is 1. The quantitative estimate of drug-likeness (QED) is 0.555. The van der Waals surface area contributed by atoms with Gasteiger partial charge in [0.25, 0.3) is 5.91 Å². The van der Waals surface area contributed by atoms with Crippen LogP contribution in [0.25, 0.3) is 6.08 Å². The normalized spacial score (nSPS) is 10.8. The first-order valence-electron chi connectivity index (χ1n) is 7.65. The standard InChI is InChI=1S/C17H20Cl2N2O4/c1-11(2)7-8-20-17(24)21-15(22)10-25-16(23)6-4-12-3-5-13(18)14(19)9-12/h3-6,9,11H,7-8,10H2,1-2H3,(H2,20,21,22,24)/b6-4+. The predicted octanol–water partition coefficient (Wildman–Crippen LogP) is 3.42. The molecule has 1 aromatic rings. The first-order chi connectivity index (χ1) is 11.8. The van der Waals surface area contributed by atoms with E-state index in [4.69, 9.17) is 27.9 Å². The third-order valence-corrected chi connectivity index (χ3v) is 3.70. The number of halogens is 2. The van der Waals surface area contributed by atoms with Crippen LogP contribution in [0.1, 0.15) is 25.8 Å². The average molecular weight is 387 g/mol. The molecule has 2 N–H and O–H groups in total. The average Bonchev–Trinajstić information content (AvgIpc) is 2.53. The molecule has 0 atom stereocenters. The maximum atomic E-state index is 11.6. The van der Waals surface area contributed by atoms with Gasteiger partial charge in [0.05, 0.1) is 10.0 Å². The molecule has 0 aliphatic carbocycles. The molecule has 0 spiro atoms. The summed E-state index contributed by atoms with van der Waals surface area (Å²) in [5.74, 6) is -0.987. The van der Waals surface area contributed by atoms with Crippen molar-refractivity contribution in [3.05, 3.63) is 39.9 Å². The zero-order valence-corrected chi connectivity index (χ0v) is 15.5. The Bertz CT molecular complexity index is 660. The van der Waals surface area contributed by atoms with Crippen LogP contribution in [0.2, 0.25) is 10.0 Å². The van der Waals surface area contributed by atoms with Gasteiger partial charge in [-0.25, -0.2) is 9.59 Å². The van der Waals surface area contributed by atoms with Gasteiger partial charge in [0.1, 0.15) is 0 Å². The first kappa shape index (κ1) is 21.0. The molecule has 0 fully saturated rings. The molecule has 0 unspecified atom stereocenters. The van der Waals surface area contributed by atoms with Gasteiger partial charge in [0.15, 0.2) is 6.61 Å². The predicted molar refractivity (Wildman–Crippen MR) is 97.5 cm³/mol. The van der Waals surface area contributed by atoms with Crippen molar-refractivity contribution in [1.82, 2.24) is 10.6 Å². The molecule has 0 radical (unpaired) electrons. The summed E-state index contributed by atoms with van der Waals surface area (Å²) in [4.78, 5) is 34.5. The van der Waals surface area contributed by atoms with Crippen molar-refractivity contribution in [3.63, 3.8) is 0 Å². The van der Waals surface area contributed by atoms with Crippen LogP contribution in [0, 0.1) is 5.92 Å². The van der Waals surface area contributed by atoms with E-state index in [9.17, 15) is 14.4 Å². The van der Waals surface area contributed by atoms with Gasteiger partial charge in [-0.3, -0.25) is 10.1 Å². The minimum absolute atomic E-state index is 0.361. The van der Waals surface area contributed by atoms with E-state index in [0.717, 1.165) is 12.5 Å². The van der Waals surface area contributed by atoms with Gasteiger partial charge in [0.2, 0.25) is 0 Å². The SMILES string of the molecule is CC(C)CCNC(=O)NC(=O)COC(=O)/C=C/c1ccc(Cl)c(Cl)c1. The van der Waals surface area contributed by atoms with Gasteiger partial charge < -0.3 is 10.1 Å². The Hall–Kier alpha value is -2.05. The summed E-state index contributed by atoms with van der Waals surface area (Å²) in [5, 5.41) is 5.38. The molecule has 0 heterocycles. The lowest BCUT2D eigenvalue weighted by molar-refractivity contribution is -0.143. The molecule has 8 heteroatoms. The summed E-state index contributed by atoms with van der Waals surface area (Å²) in [7, 11) is 0. The van der Waals surface area contributed by atoms with Crippen LogP contribution < -0.4 is 10.6 Å². The van der Waals surface area contributed by atoms with Crippen LogP contribution in [0.4, 0.5) is 4.79 Å². The van der Waals surface area contributed by atoms with Crippen LogP contribution in [0.5, 0.6) is 0 Å². The highest BCUT2D eigenvalue weighted by Crippen LogP contribution is 2.23. The number of carbonyl (C=O) groups excluding carboxylic acids is 3. The Morgan fingerprint density at radius 1 is 1.20 bits per heavy atom. The van der Waals surface area contributed by atoms with Crippen LogP contribution in [-0.2, 0) is 14.3 Å². The fraction of sp³-hybridized carbons (Fsp3) is 0.353. The third kappa shape index (κ3) is 9.12. The molecule has 1 rings (SSSR count). The first-order valence-corrected chi connectivity index (χ1v) is 8.41. The molecular formula is C17H20Cl2N2O4. The summed E-state index contributed by atoms with van der Waals surface area (Å²) in [6.45, 7) is 3.95. The highest BCUT2D eigenvalue weighted by molar-refractivity contribution is 6.42. The molecule has 1 aromatic carbocycles. The summed E-state index contributed by atoms with van der Waals surface area (Å²) < 4.78 is 4.75. The number of benzene rings is 1. The van der Waals surface area contributed by atoms with Crippen molar-refractivity contribution >= 4 is 47.2 Å². The molecule has 0 aliphatic heterocycles. The zero-order chi connectivity index (χ0) is 18.8. The number of amides is 3. The number of rotatable bonds is 7. The van der Waals surface area contributed by atoms with E-state index in [1.54, 1.807) is 18.2 Å². The topological polar surface area (TPSA) is 84.5 Å². The van der Waals surface area contributed by atoms with Crippen molar-refractivity contribution in [2.75, 3.05) is 13.2 Å². The number of esters is 1. The Labute approximate surface area is 156 Å². The number of hydrogen-bond donors (Lipinski definition) is 2. The number of nitrogens with one attached hydrogen (secondary N) is 2. The van der Waals surface area contributed by atoms with E-state index in [-0.39, 0.29) is 0 Å². The number of hydrogen-bond acceptors (Lipinski definition) is 4. The lowest BCUT2D eigenvalue weighted by Gasteiger charge is -2.08. The van der Waals surface area contributed by atoms with Crippen LogP contribution >= 0.6 is 23.2 Å². The van der Waals surface area contributed by atoms with E-state index in [1.165, 1.54) is 6.08 Å². The summed E-state index contributed by atoms with van der Waals surface area (Å²) in [6.07, 6.45) is 3.42. The molecule has 6 nitrogen and oxygen atoms in total. The van der Waals surface area contributed by atoms with E-state index in [0.29, 0.717) is 28.1 Å². The van der Waals surface area contributed by atoms with Gasteiger partial charge in [-0.05, 0) is 36.1 Å². The second kappa shape index (κ2) is 10.7. The molecule has 0 saturated heterocycles. The van der Waals surface area contributed by atoms with E-state index < -0.39 is 24.5 Å². The molecule has 0 aliphatic rings. The van der Waals surface area contributed by atoms with Gasteiger partial charge in [-0.15, -0.1) is 0 Å². The number of imide groups is 1. The van der Waals surface area contributed by atoms with E-state index in [2.05, 4.69) is 10.6 Å². The highest BCUT2D eigenvalue weighted by atomic mass is 35.5. The van der Waals surface area contributed by atoms with Crippen LogP contribution in [0.3, 0.4) is 0 Å². The summed E-state index contributed by atoms with van der Waals surface area (Å²) in [5.41, 5.74) is 0.653. The monoisotopic (exact) mass is 386 g/mol. The maximum Gasteiger partial charge on any atom is 0.331 e. The third-order valence-electron chi connectivity index (χ3n) is 2.96. The second-order valence-corrected chi connectivity index (χ2v) is 6.42. The largest absolute Gasteiger partial charge is 0.452 e. The molecule has 0 bridgehead atoms. The second-order valence-electron chi connectivity index (χ2n) is 5.60. The van der Waals surface area contributed by atoms with Crippen molar-refractivity contribution in [1.29, 1.82) is 0 Å². The molecule has 3 amide bonds. The Morgan fingerprint density at radius 2 is 1.92 bits per heavy atom. The van der Waals surface area contributed by atoms with Gasteiger partial charge in [0, 0.05) is 12.6 Å². The number of urea groups is 1. The molecule has 0 aromatic heterocycles. The van der Waals surface area contributed by atoms with Crippen molar-refractivity contribution in [2.45, 2.75) is 20.3 Å². The fourth-order valence-electron chi connectivity index (χ4n) is 1.65.